The summed E-state index contributed by atoms with van der Waals surface area (Å²) >= 11 is 1.59. The molecule has 0 bridgehead atoms. The van der Waals surface area contributed by atoms with Crippen molar-refractivity contribution in [1.29, 1.82) is 0 Å². The molecule has 0 unspecified atom stereocenters. The number of anilines is 1. The molecule has 0 spiro atoms. The van der Waals surface area contributed by atoms with Gasteiger partial charge in [0.05, 0.1) is 5.39 Å². The van der Waals surface area contributed by atoms with Crippen LogP contribution in [0.25, 0.3) is 21.3 Å². The number of rotatable bonds is 3. The Kier molecular flexibility index (Phi) is 3.93. The highest BCUT2D eigenvalue weighted by Crippen LogP contribution is 2.36. The van der Waals surface area contributed by atoms with Crippen molar-refractivity contribution in [2.24, 2.45) is 0 Å². The Hall–Kier alpha value is -2.05. The summed E-state index contributed by atoms with van der Waals surface area (Å²) < 4.78 is 13.2. The summed E-state index contributed by atoms with van der Waals surface area (Å²) in [7, 11) is 0. The number of aromatic nitrogens is 2. The van der Waals surface area contributed by atoms with Crippen LogP contribution in [-0.4, -0.2) is 29.1 Å². The second-order valence-corrected chi connectivity index (χ2v) is 6.59. The van der Waals surface area contributed by atoms with Gasteiger partial charge in [-0.1, -0.05) is 12.1 Å². The lowest BCUT2D eigenvalue weighted by atomic mass is 10.0. The maximum Gasteiger partial charge on any atom is 0.139 e. The van der Waals surface area contributed by atoms with E-state index in [0.717, 1.165) is 53.1 Å². The van der Waals surface area contributed by atoms with Gasteiger partial charge in [-0.05, 0) is 43.6 Å². The van der Waals surface area contributed by atoms with E-state index >= 15 is 0 Å². The minimum Gasteiger partial charge on any atom is -0.367 e. The zero-order chi connectivity index (χ0) is 15.6. The maximum atomic E-state index is 13.2. The average Bonchev–Trinajstić information content (AvgIpc) is 3.02. The van der Waals surface area contributed by atoms with E-state index in [9.17, 15) is 4.39 Å². The molecule has 1 aliphatic heterocycles. The van der Waals surface area contributed by atoms with E-state index in [1.165, 1.54) is 12.1 Å². The fraction of sp³-hybridized carbons (Fsp3) is 0.294. The van der Waals surface area contributed by atoms with Crippen LogP contribution in [0.15, 0.2) is 36.0 Å². The number of hydrogen-bond donors (Lipinski definition) is 2. The summed E-state index contributed by atoms with van der Waals surface area (Å²) in [5.41, 5.74) is 2.04. The number of fused-ring (bicyclic) bond motifs is 1. The molecule has 118 valence electrons. The molecule has 6 heteroatoms. The predicted octanol–water partition coefficient (Wildman–Crippen LogP) is 3.66. The fourth-order valence-corrected chi connectivity index (χ4v) is 3.90. The molecule has 0 radical (unpaired) electrons. The number of nitrogens with zero attached hydrogens (tertiary/aromatic N) is 2. The van der Waals surface area contributed by atoms with Crippen LogP contribution in [-0.2, 0) is 0 Å². The lowest BCUT2D eigenvalue weighted by molar-refractivity contribution is 0.478. The number of benzene rings is 1. The zero-order valence-corrected chi connectivity index (χ0v) is 13.4. The summed E-state index contributed by atoms with van der Waals surface area (Å²) in [6.07, 6.45) is 3.78. The van der Waals surface area contributed by atoms with E-state index in [2.05, 4.69) is 26.0 Å². The molecule has 1 aromatic carbocycles. The molecule has 2 N–H and O–H groups in total. The molecular weight excluding hydrogens is 311 g/mol. The SMILES string of the molecule is Fc1ccc(-c2csc3ncnc(NC4CCNCC4)c23)cc1. The van der Waals surface area contributed by atoms with Crippen molar-refractivity contribution in [2.45, 2.75) is 18.9 Å². The molecule has 0 amide bonds. The molecule has 1 aliphatic rings. The number of hydrogen-bond acceptors (Lipinski definition) is 5. The summed E-state index contributed by atoms with van der Waals surface area (Å²) in [4.78, 5) is 9.80. The molecule has 0 aliphatic carbocycles. The average molecular weight is 328 g/mol. The minimum atomic E-state index is -0.224. The van der Waals surface area contributed by atoms with Crippen LogP contribution in [0, 0.1) is 5.82 Å². The van der Waals surface area contributed by atoms with Crippen molar-refractivity contribution in [3.05, 3.63) is 41.8 Å². The number of thiophene rings is 1. The number of piperidine rings is 1. The second-order valence-electron chi connectivity index (χ2n) is 5.73. The highest BCUT2D eigenvalue weighted by Gasteiger charge is 2.17. The van der Waals surface area contributed by atoms with Crippen molar-refractivity contribution in [2.75, 3.05) is 18.4 Å². The van der Waals surface area contributed by atoms with E-state index in [4.69, 9.17) is 0 Å². The van der Waals surface area contributed by atoms with Gasteiger partial charge in [0.15, 0.2) is 0 Å². The first-order valence-electron chi connectivity index (χ1n) is 7.76. The third-order valence-electron chi connectivity index (χ3n) is 4.21. The molecule has 0 atom stereocenters. The van der Waals surface area contributed by atoms with Gasteiger partial charge in [-0.15, -0.1) is 11.3 Å². The van der Waals surface area contributed by atoms with Gasteiger partial charge in [0.25, 0.3) is 0 Å². The van der Waals surface area contributed by atoms with Crippen molar-refractivity contribution in [3.63, 3.8) is 0 Å². The summed E-state index contributed by atoms with van der Waals surface area (Å²) in [6, 6.07) is 7.01. The van der Waals surface area contributed by atoms with Crippen LogP contribution >= 0.6 is 11.3 Å². The van der Waals surface area contributed by atoms with Gasteiger partial charge in [-0.2, -0.15) is 0 Å². The van der Waals surface area contributed by atoms with E-state index < -0.39 is 0 Å². The highest BCUT2D eigenvalue weighted by atomic mass is 32.1. The molecule has 2 aromatic heterocycles. The lowest BCUT2D eigenvalue weighted by Gasteiger charge is -2.24. The Morgan fingerprint density at radius 2 is 1.91 bits per heavy atom. The normalized spacial score (nSPS) is 15.9. The molecule has 0 saturated carbocycles. The van der Waals surface area contributed by atoms with Crippen molar-refractivity contribution in [1.82, 2.24) is 15.3 Å². The van der Waals surface area contributed by atoms with Crippen LogP contribution in [0.4, 0.5) is 10.2 Å². The van der Waals surface area contributed by atoms with Gasteiger partial charge in [0.2, 0.25) is 0 Å². The number of halogens is 1. The molecule has 23 heavy (non-hydrogen) atoms. The molecule has 3 aromatic rings. The van der Waals surface area contributed by atoms with Gasteiger partial charge in [-0.3, -0.25) is 0 Å². The van der Waals surface area contributed by atoms with Crippen molar-refractivity contribution < 1.29 is 4.39 Å². The van der Waals surface area contributed by atoms with Gasteiger partial charge in [0.1, 0.15) is 22.8 Å². The van der Waals surface area contributed by atoms with E-state index in [1.807, 2.05) is 0 Å². The van der Waals surface area contributed by atoms with Gasteiger partial charge >= 0.3 is 0 Å². The Balaban J connectivity index is 1.75. The molecule has 1 fully saturated rings. The minimum absolute atomic E-state index is 0.224. The Morgan fingerprint density at radius 3 is 2.70 bits per heavy atom. The van der Waals surface area contributed by atoms with Crippen molar-refractivity contribution >= 4 is 27.4 Å². The van der Waals surface area contributed by atoms with Crippen LogP contribution in [0.2, 0.25) is 0 Å². The third-order valence-corrected chi connectivity index (χ3v) is 5.09. The number of nitrogens with one attached hydrogen (secondary N) is 2. The first kappa shape index (κ1) is 14.5. The fourth-order valence-electron chi connectivity index (χ4n) is 2.99. The van der Waals surface area contributed by atoms with Crippen LogP contribution in [0.5, 0.6) is 0 Å². The predicted molar refractivity (Wildman–Crippen MR) is 92.3 cm³/mol. The third kappa shape index (κ3) is 2.92. The van der Waals surface area contributed by atoms with E-state index in [0.29, 0.717) is 6.04 Å². The Morgan fingerprint density at radius 1 is 1.13 bits per heavy atom. The van der Waals surface area contributed by atoms with Crippen LogP contribution < -0.4 is 10.6 Å². The maximum absolute atomic E-state index is 13.2. The Bertz CT molecular complexity index is 809. The summed E-state index contributed by atoms with van der Waals surface area (Å²) in [6.45, 7) is 2.06. The standard InChI is InChI=1S/C17H17FN4S/c18-12-3-1-11(2-4-12)14-9-23-17-15(14)16(20-10-21-17)22-13-5-7-19-8-6-13/h1-4,9-10,13,19H,5-8H2,(H,20,21,22). The molecule has 1 saturated heterocycles. The Labute approximate surface area is 137 Å². The van der Waals surface area contributed by atoms with Gasteiger partial charge < -0.3 is 10.6 Å². The molecule has 3 heterocycles. The second kappa shape index (κ2) is 6.22. The summed E-state index contributed by atoms with van der Waals surface area (Å²) in [5, 5.41) is 10.0. The molecule has 4 rings (SSSR count). The highest BCUT2D eigenvalue weighted by molar-refractivity contribution is 7.17. The molecule has 4 nitrogen and oxygen atoms in total. The van der Waals surface area contributed by atoms with E-state index in [1.54, 1.807) is 29.8 Å². The van der Waals surface area contributed by atoms with Crippen LogP contribution in [0.3, 0.4) is 0 Å². The van der Waals surface area contributed by atoms with Gasteiger partial charge in [0, 0.05) is 17.0 Å². The first-order chi connectivity index (χ1) is 11.3. The lowest BCUT2D eigenvalue weighted by Crippen LogP contribution is -2.35. The largest absolute Gasteiger partial charge is 0.367 e. The van der Waals surface area contributed by atoms with Gasteiger partial charge in [-0.25, -0.2) is 14.4 Å². The topological polar surface area (TPSA) is 49.8 Å². The van der Waals surface area contributed by atoms with Crippen LogP contribution in [0.1, 0.15) is 12.8 Å². The quantitative estimate of drug-likeness (QED) is 0.770. The molecular formula is C17H17FN4S. The van der Waals surface area contributed by atoms with E-state index in [-0.39, 0.29) is 5.82 Å². The summed E-state index contributed by atoms with van der Waals surface area (Å²) in [5.74, 6) is 0.653. The smallest absolute Gasteiger partial charge is 0.139 e. The zero-order valence-electron chi connectivity index (χ0n) is 12.6. The monoisotopic (exact) mass is 328 g/mol. The first-order valence-corrected chi connectivity index (χ1v) is 8.64. The van der Waals surface area contributed by atoms with Crippen molar-refractivity contribution in [3.8, 4) is 11.1 Å².